The molecular formula is C21H30N2O3S. The predicted molar refractivity (Wildman–Crippen MR) is 106 cm³/mol. The molecule has 1 aliphatic rings. The van der Waals surface area contributed by atoms with Crippen LogP contribution >= 0.6 is 0 Å². The number of nitrogens with zero attached hydrogens (tertiary/aromatic N) is 2. The summed E-state index contributed by atoms with van der Waals surface area (Å²) in [6, 6.07) is 8.85. The zero-order chi connectivity index (χ0) is 19.4. The standard InChI is InChI=1S/C21H30N2O3S/c1-16(2)11-12-20(27(24,25)19-9-5-4-6-10-19)23-13-7-8-18(14-23)21-22-17(3)15-26-21/h4-6,9-10,15-16,18,20H,7-8,11-14H2,1-3H3. The fourth-order valence-corrected chi connectivity index (χ4v) is 5.69. The number of benzene rings is 1. The first-order valence-electron chi connectivity index (χ1n) is 9.83. The molecule has 0 amide bonds. The highest BCUT2D eigenvalue weighted by atomic mass is 32.2. The lowest BCUT2D eigenvalue weighted by Gasteiger charge is -2.37. The normalized spacial score (nSPS) is 20.1. The van der Waals surface area contributed by atoms with Crippen LogP contribution in [0.25, 0.3) is 0 Å². The van der Waals surface area contributed by atoms with Gasteiger partial charge >= 0.3 is 0 Å². The Kier molecular flexibility index (Phi) is 6.37. The summed E-state index contributed by atoms with van der Waals surface area (Å²) in [4.78, 5) is 7.03. The summed E-state index contributed by atoms with van der Waals surface area (Å²) < 4.78 is 32.4. The first-order valence-corrected chi connectivity index (χ1v) is 11.4. The van der Waals surface area contributed by atoms with Crippen molar-refractivity contribution >= 4 is 9.84 Å². The van der Waals surface area contributed by atoms with Crippen molar-refractivity contribution in [2.45, 2.75) is 62.6 Å². The number of hydrogen-bond acceptors (Lipinski definition) is 5. The van der Waals surface area contributed by atoms with Crippen LogP contribution in [0.15, 0.2) is 45.9 Å². The number of piperidine rings is 1. The van der Waals surface area contributed by atoms with E-state index in [9.17, 15) is 8.42 Å². The summed E-state index contributed by atoms with van der Waals surface area (Å²) >= 11 is 0. The molecule has 1 saturated heterocycles. The molecule has 2 atom stereocenters. The zero-order valence-electron chi connectivity index (χ0n) is 16.5. The van der Waals surface area contributed by atoms with Crippen LogP contribution in [-0.4, -0.2) is 36.8 Å². The first kappa shape index (κ1) is 20.1. The Bertz CT molecular complexity index is 830. The molecule has 1 aromatic carbocycles. The number of sulfone groups is 1. The molecule has 2 aromatic rings. The van der Waals surface area contributed by atoms with E-state index >= 15 is 0 Å². The van der Waals surface area contributed by atoms with Crippen LogP contribution in [0, 0.1) is 12.8 Å². The molecule has 0 bridgehead atoms. The third-order valence-corrected chi connectivity index (χ3v) is 7.45. The Labute approximate surface area is 162 Å². The zero-order valence-corrected chi connectivity index (χ0v) is 17.3. The summed E-state index contributed by atoms with van der Waals surface area (Å²) in [6.45, 7) is 7.67. The highest BCUT2D eigenvalue weighted by Gasteiger charge is 2.36. The minimum absolute atomic E-state index is 0.153. The fraction of sp³-hybridized carbons (Fsp3) is 0.571. The SMILES string of the molecule is Cc1coc(C2CCCN(C(CCC(C)C)S(=O)(=O)c3ccccc3)C2)n1. The van der Waals surface area contributed by atoms with Gasteiger partial charge in [0.25, 0.3) is 0 Å². The van der Waals surface area contributed by atoms with Gasteiger partial charge in [-0.3, -0.25) is 4.90 Å². The summed E-state index contributed by atoms with van der Waals surface area (Å²) in [5, 5.41) is -0.499. The molecule has 0 aliphatic carbocycles. The maximum atomic E-state index is 13.4. The molecule has 0 spiro atoms. The van der Waals surface area contributed by atoms with Crippen molar-refractivity contribution in [1.29, 1.82) is 0 Å². The number of hydrogen-bond donors (Lipinski definition) is 0. The van der Waals surface area contributed by atoms with E-state index < -0.39 is 15.2 Å². The van der Waals surface area contributed by atoms with E-state index in [0.29, 0.717) is 23.8 Å². The second-order valence-corrected chi connectivity index (χ2v) is 10.1. The van der Waals surface area contributed by atoms with Gasteiger partial charge in [0.05, 0.1) is 10.6 Å². The number of oxazole rings is 1. The lowest BCUT2D eigenvalue weighted by Crippen LogP contribution is -2.46. The molecule has 0 N–H and O–H groups in total. The molecule has 2 unspecified atom stereocenters. The summed E-state index contributed by atoms with van der Waals surface area (Å²) in [5.74, 6) is 1.35. The maximum absolute atomic E-state index is 13.4. The van der Waals surface area contributed by atoms with Crippen LogP contribution in [0.3, 0.4) is 0 Å². The van der Waals surface area contributed by atoms with Gasteiger partial charge in [0.15, 0.2) is 15.7 Å². The Balaban J connectivity index is 1.86. The molecular weight excluding hydrogens is 360 g/mol. The Morgan fingerprint density at radius 3 is 2.59 bits per heavy atom. The van der Waals surface area contributed by atoms with Crippen LogP contribution in [0.4, 0.5) is 0 Å². The lowest BCUT2D eigenvalue weighted by molar-refractivity contribution is 0.166. The van der Waals surface area contributed by atoms with Crippen molar-refractivity contribution in [3.63, 3.8) is 0 Å². The van der Waals surface area contributed by atoms with Gasteiger partial charge in [0.1, 0.15) is 11.6 Å². The largest absolute Gasteiger partial charge is 0.448 e. The van der Waals surface area contributed by atoms with E-state index in [1.165, 1.54) is 0 Å². The number of aryl methyl sites for hydroxylation is 1. The van der Waals surface area contributed by atoms with Crippen molar-refractivity contribution in [3.8, 4) is 0 Å². The molecule has 1 fully saturated rings. The summed E-state index contributed by atoms with van der Waals surface area (Å²) in [5.41, 5.74) is 0.871. The quantitative estimate of drug-likeness (QED) is 0.701. The molecule has 5 nitrogen and oxygen atoms in total. The van der Waals surface area contributed by atoms with Crippen LogP contribution in [0.1, 0.15) is 57.0 Å². The van der Waals surface area contributed by atoms with Crippen LogP contribution in [-0.2, 0) is 9.84 Å². The van der Waals surface area contributed by atoms with E-state index in [4.69, 9.17) is 4.42 Å². The lowest BCUT2D eigenvalue weighted by atomic mass is 9.97. The average Bonchev–Trinajstić information content (AvgIpc) is 3.09. The van der Waals surface area contributed by atoms with E-state index in [2.05, 4.69) is 23.7 Å². The highest BCUT2D eigenvalue weighted by molar-refractivity contribution is 7.92. The molecule has 6 heteroatoms. The van der Waals surface area contributed by atoms with Crippen LogP contribution < -0.4 is 0 Å². The smallest absolute Gasteiger partial charge is 0.198 e. The van der Waals surface area contributed by atoms with Gasteiger partial charge in [-0.05, 0) is 57.2 Å². The average molecular weight is 391 g/mol. The van der Waals surface area contributed by atoms with E-state index in [1.54, 1.807) is 30.5 Å². The van der Waals surface area contributed by atoms with E-state index in [0.717, 1.165) is 37.4 Å². The van der Waals surface area contributed by atoms with Crippen LogP contribution in [0.5, 0.6) is 0 Å². The van der Waals surface area contributed by atoms with Crippen LogP contribution in [0.2, 0.25) is 0 Å². The summed E-state index contributed by atoms with van der Waals surface area (Å²) in [7, 11) is -3.42. The van der Waals surface area contributed by atoms with Gasteiger partial charge in [-0.15, -0.1) is 0 Å². The number of aromatic nitrogens is 1. The number of rotatable bonds is 7. The van der Waals surface area contributed by atoms with Crippen molar-refractivity contribution in [1.82, 2.24) is 9.88 Å². The topological polar surface area (TPSA) is 63.4 Å². The van der Waals surface area contributed by atoms with E-state index in [1.807, 2.05) is 13.0 Å². The highest BCUT2D eigenvalue weighted by Crippen LogP contribution is 2.32. The Morgan fingerprint density at radius 1 is 1.22 bits per heavy atom. The van der Waals surface area contributed by atoms with Gasteiger partial charge in [-0.2, -0.15) is 0 Å². The Hall–Kier alpha value is -1.66. The predicted octanol–water partition coefficient (Wildman–Crippen LogP) is 4.40. The second-order valence-electron chi connectivity index (χ2n) is 7.95. The Morgan fingerprint density at radius 2 is 1.96 bits per heavy atom. The second kappa shape index (κ2) is 8.57. The fourth-order valence-electron chi connectivity index (χ4n) is 3.81. The third-order valence-electron chi connectivity index (χ3n) is 5.27. The van der Waals surface area contributed by atoms with Crippen molar-refractivity contribution in [3.05, 3.63) is 48.2 Å². The van der Waals surface area contributed by atoms with E-state index in [-0.39, 0.29) is 5.92 Å². The van der Waals surface area contributed by atoms with Gasteiger partial charge < -0.3 is 4.42 Å². The van der Waals surface area contributed by atoms with Gasteiger partial charge in [0.2, 0.25) is 0 Å². The van der Waals surface area contributed by atoms with Crippen molar-refractivity contribution in [2.75, 3.05) is 13.1 Å². The van der Waals surface area contributed by atoms with Gasteiger partial charge in [-0.25, -0.2) is 13.4 Å². The van der Waals surface area contributed by atoms with Gasteiger partial charge in [0, 0.05) is 12.5 Å². The monoisotopic (exact) mass is 390 g/mol. The first-order chi connectivity index (χ1) is 12.9. The molecule has 0 radical (unpaired) electrons. The molecule has 1 aromatic heterocycles. The third kappa shape index (κ3) is 4.79. The minimum atomic E-state index is -3.42. The molecule has 148 valence electrons. The minimum Gasteiger partial charge on any atom is -0.448 e. The maximum Gasteiger partial charge on any atom is 0.198 e. The molecule has 2 heterocycles. The molecule has 0 saturated carbocycles. The van der Waals surface area contributed by atoms with Crippen molar-refractivity contribution < 1.29 is 12.8 Å². The molecule has 1 aliphatic heterocycles. The summed E-state index contributed by atoms with van der Waals surface area (Å²) in [6.07, 6.45) is 5.14. The van der Waals surface area contributed by atoms with Crippen molar-refractivity contribution in [2.24, 2.45) is 5.92 Å². The molecule has 3 rings (SSSR count). The van der Waals surface area contributed by atoms with Gasteiger partial charge in [-0.1, -0.05) is 32.0 Å². The number of likely N-dealkylation sites (tertiary alicyclic amines) is 1. The molecule has 27 heavy (non-hydrogen) atoms.